The van der Waals surface area contributed by atoms with Crippen LogP contribution in [0.25, 0.3) is 0 Å². The van der Waals surface area contributed by atoms with Crippen LogP contribution in [0.15, 0.2) is 60.7 Å². The quantitative estimate of drug-likeness (QED) is 0.404. The molecule has 0 spiro atoms. The minimum Gasteiger partial charge on any atom is -0.326 e. The molecule has 0 atom stereocenters. The third-order valence-electron chi connectivity index (χ3n) is 4.62. The molecule has 0 unspecified atom stereocenters. The molecule has 0 bridgehead atoms. The normalized spacial score (nSPS) is 10.4. The van der Waals surface area contributed by atoms with Crippen LogP contribution < -0.4 is 16.0 Å². The Labute approximate surface area is 195 Å². The SMILES string of the molecule is CCC(=O)Nc1ccc(C)c(NC(=O)c2ccc(NC(=O)c3cc(Cl)cc(Cl)c3)cc2)c1. The van der Waals surface area contributed by atoms with Crippen molar-refractivity contribution in [2.24, 2.45) is 0 Å². The Bertz CT molecular complexity index is 1160. The second-order valence-corrected chi connectivity index (χ2v) is 7.95. The van der Waals surface area contributed by atoms with Gasteiger partial charge < -0.3 is 16.0 Å². The highest BCUT2D eigenvalue weighted by Crippen LogP contribution is 2.23. The summed E-state index contributed by atoms with van der Waals surface area (Å²) in [5, 5.41) is 9.09. The molecule has 0 saturated carbocycles. The number of nitrogens with one attached hydrogen (secondary N) is 3. The highest BCUT2D eigenvalue weighted by molar-refractivity contribution is 6.35. The highest BCUT2D eigenvalue weighted by Gasteiger charge is 2.12. The topological polar surface area (TPSA) is 87.3 Å². The smallest absolute Gasteiger partial charge is 0.255 e. The number of carbonyl (C=O) groups is 3. The molecule has 32 heavy (non-hydrogen) atoms. The number of benzene rings is 3. The second-order valence-electron chi connectivity index (χ2n) is 7.08. The van der Waals surface area contributed by atoms with Crippen molar-refractivity contribution in [3.05, 3.63) is 87.4 Å². The van der Waals surface area contributed by atoms with E-state index in [1.54, 1.807) is 49.4 Å². The number of carbonyl (C=O) groups excluding carboxylic acids is 3. The molecule has 0 aromatic heterocycles. The summed E-state index contributed by atoms with van der Waals surface area (Å²) in [7, 11) is 0. The molecule has 0 saturated heterocycles. The van der Waals surface area contributed by atoms with Gasteiger partial charge in [-0.05, 0) is 67.1 Å². The third-order valence-corrected chi connectivity index (χ3v) is 5.06. The summed E-state index contributed by atoms with van der Waals surface area (Å²) in [5.74, 6) is -0.788. The predicted octanol–water partition coefficient (Wildman–Crippen LogP) is 6.15. The summed E-state index contributed by atoms with van der Waals surface area (Å²) in [6.07, 6.45) is 0.364. The van der Waals surface area contributed by atoms with Crippen molar-refractivity contribution >= 4 is 58.0 Å². The van der Waals surface area contributed by atoms with Gasteiger partial charge in [0, 0.05) is 44.7 Å². The van der Waals surface area contributed by atoms with Gasteiger partial charge in [-0.25, -0.2) is 0 Å². The number of rotatable bonds is 6. The summed E-state index contributed by atoms with van der Waals surface area (Å²) in [6.45, 7) is 3.63. The lowest BCUT2D eigenvalue weighted by Crippen LogP contribution is -2.15. The zero-order chi connectivity index (χ0) is 23.3. The molecule has 0 fully saturated rings. The molecule has 3 rings (SSSR count). The van der Waals surface area contributed by atoms with E-state index < -0.39 is 0 Å². The van der Waals surface area contributed by atoms with Crippen molar-refractivity contribution < 1.29 is 14.4 Å². The minimum absolute atomic E-state index is 0.108. The number of halogens is 2. The van der Waals surface area contributed by atoms with E-state index in [0.717, 1.165) is 5.56 Å². The van der Waals surface area contributed by atoms with E-state index in [2.05, 4.69) is 16.0 Å². The molecule has 0 aliphatic carbocycles. The number of aryl methyl sites for hydroxylation is 1. The van der Waals surface area contributed by atoms with Crippen LogP contribution in [0.3, 0.4) is 0 Å². The lowest BCUT2D eigenvalue weighted by molar-refractivity contribution is -0.115. The van der Waals surface area contributed by atoms with Gasteiger partial charge in [0.25, 0.3) is 11.8 Å². The van der Waals surface area contributed by atoms with Crippen molar-refractivity contribution in [1.29, 1.82) is 0 Å². The summed E-state index contributed by atoms with van der Waals surface area (Å²) in [4.78, 5) is 36.7. The van der Waals surface area contributed by atoms with Crippen LogP contribution in [0.4, 0.5) is 17.1 Å². The number of hydrogen-bond acceptors (Lipinski definition) is 3. The Morgan fingerprint density at radius 2 is 1.31 bits per heavy atom. The van der Waals surface area contributed by atoms with E-state index >= 15 is 0 Å². The standard InChI is InChI=1S/C24H21Cl2N3O3/c1-3-22(30)27-20-7-4-14(2)21(13-20)29-23(31)15-5-8-19(9-6-15)28-24(32)16-10-17(25)12-18(26)11-16/h4-13H,3H2,1-2H3,(H,27,30)(H,28,32)(H,29,31). The van der Waals surface area contributed by atoms with E-state index in [-0.39, 0.29) is 17.7 Å². The largest absolute Gasteiger partial charge is 0.326 e. The Balaban J connectivity index is 1.68. The maximum Gasteiger partial charge on any atom is 0.255 e. The van der Waals surface area contributed by atoms with Crippen molar-refractivity contribution in [3.63, 3.8) is 0 Å². The van der Waals surface area contributed by atoms with Crippen LogP contribution in [0, 0.1) is 6.92 Å². The van der Waals surface area contributed by atoms with E-state index in [1.807, 2.05) is 13.0 Å². The lowest BCUT2D eigenvalue weighted by Gasteiger charge is -2.12. The van der Waals surface area contributed by atoms with Crippen LogP contribution in [0.1, 0.15) is 39.6 Å². The Morgan fingerprint density at radius 3 is 1.94 bits per heavy atom. The number of amides is 3. The van der Waals surface area contributed by atoms with Gasteiger partial charge in [0.2, 0.25) is 5.91 Å². The van der Waals surface area contributed by atoms with Crippen molar-refractivity contribution in [2.75, 3.05) is 16.0 Å². The zero-order valence-corrected chi connectivity index (χ0v) is 19.0. The molecule has 3 N–H and O–H groups in total. The highest BCUT2D eigenvalue weighted by atomic mass is 35.5. The van der Waals surface area contributed by atoms with Gasteiger partial charge in [-0.1, -0.05) is 36.2 Å². The van der Waals surface area contributed by atoms with Gasteiger partial charge in [0.05, 0.1) is 0 Å². The average molecular weight is 470 g/mol. The van der Waals surface area contributed by atoms with Gasteiger partial charge >= 0.3 is 0 Å². The van der Waals surface area contributed by atoms with E-state index in [9.17, 15) is 14.4 Å². The molecule has 164 valence electrons. The molecule has 3 amide bonds. The van der Waals surface area contributed by atoms with Crippen molar-refractivity contribution in [2.45, 2.75) is 20.3 Å². The molecule has 6 nitrogen and oxygen atoms in total. The van der Waals surface area contributed by atoms with Crippen LogP contribution in [-0.2, 0) is 4.79 Å². The number of hydrogen-bond donors (Lipinski definition) is 3. The first-order chi connectivity index (χ1) is 15.2. The third kappa shape index (κ3) is 6.09. The van der Waals surface area contributed by atoms with Crippen molar-refractivity contribution in [3.8, 4) is 0 Å². The fraction of sp³-hybridized carbons (Fsp3) is 0.125. The number of anilines is 3. The van der Waals surface area contributed by atoms with Crippen LogP contribution in [0.2, 0.25) is 10.0 Å². The van der Waals surface area contributed by atoms with E-state index in [1.165, 1.54) is 12.1 Å². The maximum atomic E-state index is 12.7. The average Bonchev–Trinajstić information content (AvgIpc) is 2.75. The summed E-state index contributed by atoms with van der Waals surface area (Å²) in [5.41, 5.74) is 3.32. The summed E-state index contributed by atoms with van der Waals surface area (Å²) >= 11 is 11.9. The monoisotopic (exact) mass is 469 g/mol. The van der Waals surface area contributed by atoms with Gasteiger partial charge in [-0.2, -0.15) is 0 Å². The Kier molecular flexibility index (Phi) is 7.51. The van der Waals surface area contributed by atoms with Crippen LogP contribution in [0.5, 0.6) is 0 Å². The first-order valence-corrected chi connectivity index (χ1v) is 10.6. The first kappa shape index (κ1) is 23.3. The van der Waals surface area contributed by atoms with Crippen LogP contribution in [-0.4, -0.2) is 17.7 Å². The van der Waals surface area contributed by atoms with E-state index in [4.69, 9.17) is 23.2 Å². The Hall–Kier alpha value is -3.35. The molecule has 0 aliphatic rings. The zero-order valence-electron chi connectivity index (χ0n) is 17.5. The van der Waals surface area contributed by atoms with Gasteiger partial charge in [-0.15, -0.1) is 0 Å². The fourth-order valence-electron chi connectivity index (χ4n) is 2.87. The van der Waals surface area contributed by atoms with Crippen LogP contribution >= 0.6 is 23.2 Å². The molecule has 3 aromatic rings. The molecule has 0 heterocycles. The Morgan fingerprint density at radius 1 is 0.719 bits per heavy atom. The molecule has 0 radical (unpaired) electrons. The fourth-order valence-corrected chi connectivity index (χ4v) is 3.40. The predicted molar refractivity (Wildman–Crippen MR) is 129 cm³/mol. The van der Waals surface area contributed by atoms with Gasteiger partial charge in [0.1, 0.15) is 0 Å². The summed E-state index contributed by atoms with van der Waals surface area (Å²) < 4.78 is 0. The van der Waals surface area contributed by atoms with Gasteiger partial charge in [0.15, 0.2) is 0 Å². The molecule has 0 aliphatic heterocycles. The maximum absolute atomic E-state index is 12.7. The minimum atomic E-state index is -0.367. The molecular weight excluding hydrogens is 449 g/mol. The van der Waals surface area contributed by atoms with E-state index in [0.29, 0.717) is 44.7 Å². The summed E-state index contributed by atoms with van der Waals surface area (Å²) in [6, 6.07) is 16.4. The lowest BCUT2D eigenvalue weighted by atomic mass is 10.1. The molecule has 8 heteroatoms. The molecule has 3 aromatic carbocycles. The van der Waals surface area contributed by atoms with Gasteiger partial charge in [-0.3, -0.25) is 14.4 Å². The van der Waals surface area contributed by atoms with Crippen molar-refractivity contribution in [1.82, 2.24) is 0 Å². The second kappa shape index (κ2) is 10.3. The molecular formula is C24H21Cl2N3O3. The first-order valence-electron chi connectivity index (χ1n) is 9.84.